The lowest BCUT2D eigenvalue weighted by molar-refractivity contribution is 0.336. The van der Waals surface area contributed by atoms with Crippen LogP contribution in [0.1, 0.15) is 30.8 Å². The molecule has 1 N–H and O–H groups in total. The Labute approximate surface area is 112 Å². The van der Waals surface area contributed by atoms with Gasteiger partial charge in [-0.1, -0.05) is 26.0 Å². The van der Waals surface area contributed by atoms with E-state index in [-0.39, 0.29) is 5.41 Å². The first kappa shape index (κ1) is 12.1. The van der Waals surface area contributed by atoms with Crippen LogP contribution in [0, 0.1) is 12.8 Å². The van der Waals surface area contributed by atoms with Gasteiger partial charge in [0.05, 0.1) is 10.2 Å². The normalized spacial score (nSPS) is 24.2. The highest BCUT2D eigenvalue weighted by Gasteiger charge is 2.41. The fourth-order valence-electron chi connectivity index (χ4n) is 2.93. The number of nitrogens with zero attached hydrogens (tertiary/aromatic N) is 1. The summed E-state index contributed by atoms with van der Waals surface area (Å²) in [7, 11) is 0. The third kappa shape index (κ3) is 1.69. The zero-order valence-corrected chi connectivity index (χ0v) is 12.1. The summed E-state index contributed by atoms with van der Waals surface area (Å²) in [6.07, 6.45) is 1.21. The van der Waals surface area contributed by atoms with Crippen molar-refractivity contribution in [2.75, 3.05) is 13.1 Å². The summed E-state index contributed by atoms with van der Waals surface area (Å²) in [5, 5.41) is 4.84. The number of thiazole rings is 1. The first-order chi connectivity index (χ1) is 8.63. The monoisotopic (exact) mass is 260 g/mol. The molecule has 1 aliphatic heterocycles. The van der Waals surface area contributed by atoms with Crippen molar-refractivity contribution < 1.29 is 0 Å². The summed E-state index contributed by atoms with van der Waals surface area (Å²) >= 11 is 1.88. The Hall–Kier alpha value is -0.930. The van der Waals surface area contributed by atoms with E-state index in [1.807, 2.05) is 11.3 Å². The molecule has 1 unspecified atom stereocenters. The Bertz CT molecular complexity index is 565. The number of hydrogen-bond donors (Lipinski definition) is 1. The van der Waals surface area contributed by atoms with Crippen LogP contribution in [-0.2, 0) is 5.41 Å². The van der Waals surface area contributed by atoms with Crippen molar-refractivity contribution in [2.45, 2.75) is 32.6 Å². The van der Waals surface area contributed by atoms with Gasteiger partial charge in [-0.15, -0.1) is 11.3 Å². The van der Waals surface area contributed by atoms with Gasteiger partial charge in [0.25, 0.3) is 0 Å². The van der Waals surface area contributed by atoms with Crippen LogP contribution in [0.5, 0.6) is 0 Å². The summed E-state index contributed by atoms with van der Waals surface area (Å²) < 4.78 is 1.33. The van der Waals surface area contributed by atoms with Crippen LogP contribution < -0.4 is 5.32 Å². The molecule has 1 saturated heterocycles. The van der Waals surface area contributed by atoms with Gasteiger partial charge in [0.15, 0.2) is 0 Å². The number of aromatic nitrogens is 1. The fourth-order valence-corrected chi connectivity index (χ4v) is 4.34. The second-order valence-corrected chi connectivity index (χ2v) is 6.71. The van der Waals surface area contributed by atoms with Crippen LogP contribution in [0.4, 0.5) is 0 Å². The predicted molar refractivity (Wildman–Crippen MR) is 78.4 cm³/mol. The van der Waals surface area contributed by atoms with E-state index in [9.17, 15) is 0 Å². The van der Waals surface area contributed by atoms with Crippen LogP contribution in [-0.4, -0.2) is 18.1 Å². The second kappa shape index (κ2) is 4.32. The summed E-state index contributed by atoms with van der Waals surface area (Å²) in [5.74, 6) is 0.633. The maximum atomic E-state index is 4.97. The van der Waals surface area contributed by atoms with Gasteiger partial charge in [0, 0.05) is 12.0 Å². The molecule has 3 rings (SSSR count). The fraction of sp³-hybridized carbons (Fsp3) is 0.533. The van der Waals surface area contributed by atoms with Crippen LogP contribution >= 0.6 is 11.3 Å². The minimum atomic E-state index is 0.246. The van der Waals surface area contributed by atoms with Gasteiger partial charge in [-0.25, -0.2) is 4.98 Å². The number of nitrogens with one attached hydrogen (secondary N) is 1. The molecule has 2 aromatic rings. The minimum Gasteiger partial charge on any atom is -0.316 e. The van der Waals surface area contributed by atoms with Gasteiger partial charge >= 0.3 is 0 Å². The average molecular weight is 260 g/mol. The summed E-state index contributed by atoms with van der Waals surface area (Å²) in [6, 6.07) is 6.48. The largest absolute Gasteiger partial charge is 0.316 e. The standard InChI is InChI=1S/C15H20N2S/c1-10(2)15(7-8-16-9-15)14-17-13-11(3)5-4-6-12(13)18-14/h4-6,10,16H,7-9H2,1-3H3. The highest BCUT2D eigenvalue weighted by Crippen LogP contribution is 2.41. The summed E-state index contributed by atoms with van der Waals surface area (Å²) in [4.78, 5) is 4.97. The number of para-hydroxylation sites is 1. The molecule has 0 spiro atoms. The van der Waals surface area contributed by atoms with E-state index >= 15 is 0 Å². The van der Waals surface area contributed by atoms with E-state index in [1.54, 1.807) is 0 Å². The number of rotatable bonds is 2. The lowest BCUT2D eigenvalue weighted by atomic mass is 9.77. The van der Waals surface area contributed by atoms with Crippen molar-refractivity contribution in [3.05, 3.63) is 28.8 Å². The van der Waals surface area contributed by atoms with Gasteiger partial charge < -0.3 is 5.32 Å². The van der Waals surface area contributed by atoms with E-state index in [0.29, 0.717) is 5.92 Å². The van der Waals surface area contributed by atoms with Crippen molar-refractivity contribution in [1.29, 1.82) is 0 Å². The van der Waals surface area contributed by atoms with Gasteiger partial charge in [-0.2, -0.15) is 0 Å². The smallest absolute Gasteiger partial charge is 0.102 e. The molecular formula is C15H20N2S. The molecule has 0 amide bonds. The second-order valence-electron chi connectivity index (χ2n) is 5.68. The van der Waals surface area contributed by atoms with Crippen molar-refractivity contribution in [1.82, 2.24) is 10.3 Å². The number of hydrogen-bond acceptors (Lipinski definition) is 3. The zero-order chi connectivity index (χ0) is 12.8. The SMILES string of the molecule is Cc1cccc2sc(C3(C(C)C)CCNC3)nc12. The van der Waals surface area contributed by atoms with E-state index in [4.69, 9.17) is 4.98 Å². The molecule has 2 nitrogen and oxygen atoms in total. The third-order valence-corrected chi connectivity index (χ3v) is 5.58. The first-order valence-electron chi connectivity index (χ1n) is 6.71. The van der Waals surface area contributed by atoms with Gasteiger partial charge in [-0.3, -0.25) is 0 Å². The Morgan fingerprint density at radius 2 is 2.22 bits per heavy atom. The first-order valence-corrected chi connectivity index (χ1v) is 7.52. The topological polar surface area (TPSA) is 24.9 Å². The molecule has 2 heterocycles. The highest BCUT2D eigenvalue weighted by molar-refractivity contribution is 7.18. The zero-order valence-electron chi connectivity index (χ0n) is 11.3. The van der Waals surface area contributed by atoms with E-state index in [2.05, 4.69) is 44.3 Å². The Kier molecular flexibility index (Phi) is 2.91. The van der Waals surface area contributed by atoms with Crippen LogP contribution in [0.2, 0.25) is 0 Å². The molecule has 18 heavy (non-hydrogen) atoms. The van der Waals surface area contributed by atoms with Crippen molar-refractivity contribution in [3.8, 4) is 0 Å². The minimum absolute atomic E-state index is 0.246. The van der Waals surface area contributed by atoms with Crippen LogP contribution in [0.3, 0.4) is 0 Å². The molecule has 1 aromatic heterocycles. The van der Waals surface area contributed by atoms with Crippen molar-refractivity contribution in [2.24, 2.45) is 5.92 Å². The highest BCUT2D eigenvalue weighted by atomic mass is 32.1. The molecule has 0 radical (unpaired) electrons. The molecule has 1 aliphatic rings. The molecule has 1 atom stereocenters. The van der Waals surface area contributed by atoms with Gasteiger partial charge in [0.1, 0.15) is 5.01 Å². The van der Waals surface area contributed by atoms with Crippen LogP contribution in [0.25, 0.3) is 10.2 Å². The maximum Gasteiger partial charge on any atom is 0.102 e. The average Bonchev–Trinajstić information content (AvgIpc) is 2.96. The maximum absolute atomic E-state index is 4.97. The molecule has 1 fully saturated rings. The molecular weight excluding hydrogens is 240 g/mol. The Balaban J connectivity index is 2.16. The molecule has 0 saturated carbocycles. The predicted octanol–water partition coefficient (Wildman–Crippen LogP) is 3.49. The summed E-state index contributed by atoms with van der Waals surface area (Å²) in [5.41, 5.74) is 2.74. The van der Waals surface area contributed by atoms with Crippen molar-refractivity contribution >= 4 is 21.6 Å². The van der Waals surface area contributed by atoms with Gasteiger partial charge in [0.2, 0.25) is 0 Å². The summed E-state index contributed by atoms with van der Waals surface area (Å²) in [6.45, 7) is 9.00. The lowest BCUT2D eigenvalue weighted by Gasteiger charge is -2.30. The molecule has 0 bridgehead atoms. The van der Waals surface area contributed by atoms with Gasteiger partial charge in [-0.05, 0) is 37.4 Å². The van der Waals surface area contributed by atoms with E-state index in [1.165, 1.54) is 27.2 Å². The number of benzene rings is 1. The number of fused-ring (bicyclic) bond motifs is 1. The molecule has 96 valence electrons. The van der Waals surface area contributed by atoms with E-state index < -0.39 is 0 Å². The third-order valence-electron chi connectivity index (χ3n) is 4.34. The van der Waals surface area contributed by atoms with Crippen molar-refractivity contribution in [3.63, 3.8) is 0 Å². The molecule has 1 aromatic carbocycles. The quantitative estimate of drug-likeness (QED) is 0.894. The lowest BCUT2D eigenvalue weighted by Crippen LogP contribution is -2.34. The van der Waals surface area contributed by atoms with Crippen LogP contribution in [0.15, 0.2) is 18.2 Å². The molecule has 3 heteroatoms. The van der Waals surface area contributed by atoms with E-state index in [0.717, 1.165) is 13.1 Å². The molecule has 0 aliphatic carbocycles. The Morgan fingerprint density at radius 1 is 1.39 bits per heavy atom. The Morgan fingerprint density at radius 3 is 2.83 bits per heavy atom. The number of aryl methyl sites for hydroxylation is 1.